The minimum atomic E-state index is -3.50. The van der Waals surface area contributed by atoms with Crippen molar-refractivity contribution in [2.24, 2.45) is 0 Å². The zero-order chi connectivity index (χ0) is 26.7. The van der Waals surface area contributed by atoms with E-state index < -0.39 is 16.1 Å². The Bertz CT molecular complexity index is 1070. The monoisotopic (exact) mass is 515 g/mol. The normalized spacial score (nSPS) is 13.0. The van der Waals surface area contributed by atoms with E-state index in [1.54, 1.807) is 24.0 Å². The summed E-state index contributed by atoms with van der Waals surface area (Å²) in [6.07, 6.45) is 3.98. The Morgan fingerprint density at radius 3 is 2.11 bits per heavy atom. The van der Waals surface area contributed by atoms with Gasteiger partial charge in [0.15, 0.2) is 0 Å². The maximum absolute atomic E-state index is 13.3. The molecule has 0 aliphatic carbocycles. The summed E-state index contributed by atoms with van der Waals surface area (Å²) in [5.74, 6) is -0.341. The Morgan fingerprint density at radius 2 is 1.56 bits per heavy atom. The minimum Gasteiger partial charge on any atom is -0.352 e. The van der Waals surface area contributed by atoms with Crippen molar-refractivity contribution in [3.8, 4) is 0 Å². The summed E-state index contributed by atoms with van der Waals surface area (Å²) in [7, 11) is -3.50. The molecule has 0 heterocycles. The van der Waals surface area contributed by atoms with E-state index in [1.807, 2.05) is 63.2 Å². The molecule has 0 aliphatic rings. The van der Waals surface area contributed by atoms with Gasteiger partial charge in [-0.05, 0) is 62.8 Å². The standard InChI is InChI=1S/C28H41N3O4S/c1-6-22(3)29-28(33)23(4)30(21-19-25-12-9-8-10-13-25)27(32)14-11-20-31(36(5,34)35)26-17-15-24(7-2)16-18-26/h8-10,12-13,15-18,22-23H,6-7,11,14,19-21H2,1-5H3,(H,29,33)/t22-,23+/m0/s1. The van der Waals surface area contributed by atoms with Crippen molar-refractivity contribution in [3.63, 3.8) is 0 Å². The molecule has 0 bridgehead atoms. The number of hydrogen-bond donors (Lipinski definition) is 1. The molecule has 0 fully saturated rings. The van der Waals surface area contributed by atoms with E-state index in [2.05, 4.69) is 5.32 Å². The van der Waals surface area contributed by atoms with Crippen LogP contribution in [0.3, 0.4) is 0 Å². The molecule has 36 heavy (non-hydrogen) atoms. The molecule has 198 valence electrons. The van der Waals surface area contributed by atoms with Crippen LogP contribution in [-0.4, -0.2) is 56.6 Å². The molecule has 7 nitrogen and oxygen atoms in total. The molecule has 2 aromatic carbocycles. The second kappa shape index (κ2) is 14.0. The summed E-state index contributed by atoms with van der Waals surface area (Å²) in [6, 6.07) is 16.7. The van der Waals surface area contributed by atoms with Gasteiger partial charge in [-0.3, -0.25) is 13.9 Å². The van der Waals surface area contributed by atoms with Crippen LogP contribution in [0.2, 0.25) is 0 Å². The van der Waals surface area contributed by atoms with E-state index in [4.69, 9.17) is 0 Å². The SMILES string of the molecule is CCc1ccc(N(CCCC(=O)N(CCc2ccccc2)[C@H](C)C(=O)N[C@@H](C)CC)S(C)(=O)=O)cc1. The average molecular weight is 516 g/mol. The number of nitrogens with zero attached hydrogens (tertiary/aromatic N) is 2. The van der Waals surface area contributed by atoms with E-state index >= 15 is 0 Å². The van der Waals surface area contributed by atoms with E-state index in [0.29, 0.717) is 25.1 Å². The molecular formula is C28H41N3O4S. The van der Waals surface area contributed by atoms with Crippen molar-refractivity contribution >= 4 is 27.5 Å². The molecule has 1 N–H and O–H groups in total. The van der Waals surface area contributed by atoms with Gasteiger partial charge in [-0.15, -0.1) is 0 Å². The molecule has 0 aliphatic heterocycles. The van der Waals surface area contributed by atoms with Crippen LogP contribution in [0.25, 0.3) is 0 Å². The summed E-state index contributed by atoms with van der Waals surface area (Å²) in [5, 5.41) is 2.97. The minimum absolute atomic E-state index is 0.0217. The molecule has 2 rings (SSSR count). The van der Waals surface area contributed by atoms with E-state index in [9.17, 15) is 18.0 Å². The van der Waals surface area contributed by atoms with Gasteiger partial charge in [-0.2, -0.15) is 0 Å². The molecular weight excluding hydrogens is 474 g/mol. The molecule has 0 aromatic heterocycles. The molecule has 2 aromatic rings. The number of sulfonamides is 1. The third-order valence-electron chi connectivity index (χ3n) is 6.44. The van der Waals surface area contributed by atoms with Gasteiger partial charge in [0.2, 0.25) is 21.8 Å². The summed E-state index contributed by atoms with van der Waals surface area (Å²) in [5.41, 5.74) is 2.80. The first-order chi connectivity index (χ1) is 17.1. The average Bonchev–Trinajstić information content (AvgIpc) is 2.86. The quantitative estimate of drug-likeness (QED) is 0.409. The van der Waals surface area contributed by atoms with Gasteiger partial charge in [0.05, 0.1) is 11.9 Å². The van der Waals surface area contributed by atoms with Gasteiger partial charge in [0.25, 0.3) is 0 Å². The highest BCUT2D eigenvalue weighted by molar-refractivity contribution is 7.92. The number of rotatable bonds is 14. The Morgan fingerprint density at radius 1 is 0.917 bits per heavy atom. The molecule has 0 radical (unpaired) electrons. The van der Waals surface area contributed by atoms with Crippen LogP contribution < -0.4 is 9.62 Å². The first kappa shape index (κ1) is 29.4. The molecule has 2 amide bonds. The lowest BCUT2D eigenvalue weighted by Gasteiger charge is -2.30. The van der Waals surface area contributed by atoms with Crippen molar-refractivity contribution in [2.75, 3.05) is 23.7 Å². The van der Waals surface area contributed by atoms with Crippen molar-refractivity contribution in [2.45, 2.75) is 71.9 Å². The fraction of sp³-hybridized carbons (Fsp3) is 0.500. The predicted octanol–water partition coefficient (Wildman–Crippen LogP) is 4.17. The number of aryl methyl sites for hydroxylation is 1. The maximum Gasteiger partial charge on any atom is 0.242 e. The van der Waals surface area contributed by atoms with Crippen LogP contribution in [0.4, 0.5) is 5.69 Å². The number of carbonyl (C=O) groups is 2. The topological polar surface area (TPSA) is 86.8 Å². The van der Waals surface area contributed by atoms with E-state index in [0.717, 1.165) is 24.0 Å². The molecule has 8 heteroatoms. The van der Waals surface area contributed by atoms with Gasteiger partial charge in [-0.25, -0.2) is 8.42 Å². The number of amides is 2. The third-order valence-corrected chi connectivity index (χ3v) is 7.63. The Balaban J connectivity index is 2.11. The molecule has 0 unspecified atom stereocenters. The fourth-order valence-corrected chi connectivity index (χ4v) is 4.90. The van der Waals surface area contributed by atoms with Crippen molar-refractivity contribution in [1.82, 2.24) is 10.2 Å². The lowest BCUT2D eigenvalue weighted by Crippen LogP contribution is -2.50. The zero-order valence-electron chi connectivity index (χ0n) is 22.2. The number of benzene rings is 2. The number of carbonyl (C=O) groups excluding carboxylic acids is 2. The van der Waals surface area contributed by atoms with Crippen LogP contribution in [0, 0.1) is 0 Å². The van der Waals surface area contributed by atoms with Crippen LogP contribution in [0.5, 0.6) is 0 Å². The summed E-state index contributed by atoms with van der Waals surface area (Å²) >= 11 is 0. The van der Waals surface area contributed by atoms with Gasteiger partial charge in [0.1, 0.15) is 6.04 Å². The first-order valence-corrected chi connectivity index (χ1v) is 14.6. The largest absolute Gasteiger partial charge is 0.352 e. The first-order valence-electron chi connectivity index (χ1n) is 12.8. The van der Waals surface area contributed by atoms with Crippen molar-refractivity contribution < 1.29 is 18.0 Å². The highest BCUT2D eigenvalue weighted by Crippen LogP contribution is 2.20. The van der Waals surface area contributed by atoms with Gasteiger partial charge < -0.3 is 10.2 Å². The highest BCUT2D eigenvalue weighted by Gasteiger charge is 2.26. The van der Waals surface area contributed by atoms with Crippen LogP contribution >= 0.6 is 0 Å². The molecule has 0 saturated heterocycles. The van der Waals surface area contributed by atoms with E-state index in [1.165, 1.54) is 10.6 Å². The lowest BCUT2D eigenvalue weighted by atomic mass is 10.1. The fourth-order valence-electron chi connectivity index (χ4n) is 3.94. The predicted molar refractivity (Wildman–Crippen MR) is 146 cm³/mol. The van der Waals surface area contributed by atoms with Crippen molar-refractivity contribution in [1.29, 1.82) is 0 Å². The number of nitrogens with one attached hydrogen (secondary N) is 1. The highest BCUT2D eigenvalue weighted by atomic mass is 32.2. The van der Waals surface area contributed by atoms with Crippen LogP contribution in [-0.2, 0) is 32.5 Å². The number of anilines is 1. The van der Waals surface area contributed by atoms with Gasteiger partial charge in [-0.1, -0.05) is 56.3 Å². The summed E-state index contributed by atoms with van der Waals surface area (Å²) < 4.78 is 26.3. The van der Waals surface area contributed by atoms with Crippen LogP contribution in [0.1, 0.15) is 58.1 Å². The molecule has 2 atom stereocenters. The Kier molecular flexibility index (Phi) is 11.4. The number of hydrogen-bond acceptors (Lipinski definition) is 4. The molecule has 0 spiro atoms. The molecule has 0 saturated carbocycles. The lowest BCUT2D eigenvalue weighted by molar-refractivity contribution is -0.140. The van der Waals surface area contributed by atoms with Crippen LogP contribution in [0.15, 0.2) is 54.6 Å². The Hall–Kier alpha value is -2.87. The van der Waals surface area contributed by atoms with Gasteiger partial charge >= 0.3 is 0 Å². The van der Waals surface area contributed by atoms with Gasteiger partial charge in [0, 0.05) is 25.6 Å². The van der Waals surface area contributed by atoms with Crippen molar-refractivity contribution in [3.05, 3.63) is 65.7 Å². The summed E-state index contributed by atoms with van der Waals surface area (Å²) in [4.78, 5) is 27.7. The zero-order valence-corrected chi connectivity index (χ0v) is 23.1. The second-order valence-corrected chi connectivity index (χ2v) is 11.2. The second-order valence-electron chi connectivity index (χ2n) is 9.28. The maximum atomic E-state index is 13.3. The third kappa shape index (κ3) is 8.97. The Labute approximate surface area is 216 Å². The van der Waals surface area contributed by atoms with E-state index in [-0.39, 0.29) is 30.8 Å². The smallest absolute Gasteiger partial charge is 0.242 e. The summed E-state index contributed by atoms with van der Waals surface area (Å²) in [6.45, 7) is 8.33.